The molecule has 0 fully saturated rings. The van der Waals surface area contributed by atoms with Crippen molar-refractivity contribution in [1.82, 2.24) is 9.80 Å². The fourth-order valence-electron chi connectivity index (χ4n) is 2.07. The monoisotopic (exact) mass is 462 g/mol. The van der Waals surface area contributed by atoms with Gasteiger partial charge in [-0.05, 0) is 11.1 Å². The number of benzene rings is 1. The molecule has 12 heteroatoms. The first-order valence-electron chi connectivity index (χ1n) is 8.10. The minimum absolute atomic E-state index is 0.268. The second-order valence-electron chi connectivity index (χ2n) is 6.23. The Morgan fingerprint density at radius 1 is 0.857 bits per heavy atom. The molecule has 0 aromatic heterocycles. The molecule has 0 radical (unpaired) electrons. The zero-order valence-corrected chi connectivity index (χ0v) is 19.2. The average molecular weight is 463 g/mol. The van der Waals surface area contributed by atoms with Gasteiger partial charge in [-0.1, -0.05) is 72.2 Å². The predicted molar refractivity (Wildman–Crippen MR) is 123 cm³/mol. The summed E-state index contributed by atoms with van der Waals surface area (Å²) in [7, 11) is 7.15. The van der Waals surface area contributed by atoms with Gasteiger partial charge in [-0.15, -0.1) is 0 Å². The largest absolute Gasteiger partial charge is 0.364 e. The van der Waals surface area contributed by atoms with Crippen LogP contribution in [0.25, 0.3) is 0 Å². The van der Waals surface area contributed by atoms with Gasteiger partial charge in [0.2, 0.25) is 13.1 Å². The summed E-state index contributed by atoms with van der Waals surface area (Å²) in [4.78, 5) is 24.8. The van der Waals surface area contributed by atoms with Crippen molar-refractivity contribution >= 4 is 56.6 Å². The summed E-state index contributed by atoms with van der Waals surface area (Å²) in [5, 5.41) is 21.2. The van der Waals surface area contributed by atoms with Crippen LogP contribution in [-0.4, -0.2) is 69.6 Å². The first-order chi connectivity index (χ1) is 13.0. The fraction of sp³-hybridized carbons (Fsp3) is 0.500. The minimum Gasteiger partial charge on any atom is -0.364 e. The molecule has 0 amide bonds. The molecule has 0 aliphatic carbocycles. The number of hydrogen-bond acceptors (Lipinski definition) is 8. The lowest BCUT2D eigenvalue weighted by Gasteiger charge is -2.20. The number of nitrogens with zero attached hydrogens (tertiary/aromatic N) is 4. The Balaban J connectivity index is 3.07. The van der Waals surface area contributed by atoms with Crippen molar-refractivity contribution in [2.75, 3.05) is 41.3 Å². The molecule has 1 aromatic rings. The van der Waals surface area contributed by atoms with Crippen LogP contribution < -0.4 is 0 Å². The van der Waals surface area contributed by atoms with E-state index in [1.54, 1.807) is 62.3 Å². The van der Waals surface area contributed by atoms with Gasteiger partial charge >= 0.3 is 0 Å². The first-order valence-corrected chi connectivity index (χ1v) is 10.7. The minimum atomic E-state index is -0.441. The highest BCUT2D eigenvalue weighted by Gasteiger charge is 2.24. The van der Waals surface area contributed by atoms with Crippen molar-refractivity contribution in [1.29, 1.82) is 0 Å². The van der Waals surface area contributed by atoms with Gasteiger partial charge in [-0.3, -0.25) is 20.2 Å². The Labute approximate surface area is 183 Å². The molecular weight excluding hydrogens is 440 g/mol. The third kappa shape index (κ3) is 8.25. The molecule has 0 aliphatic rings. The quantitative estimate of drug-likeness (QED) is 0.325. The van der Waals surface area contributed by atoms with Gasteiger partial charge < -0.3 is 9.80 Å². The molecule has 1 aromatic carbocycles. The third-order valence-electron chi connectivity index (χ3n) is 3.53. The van der Waals surface area contributed by atoms with Gasteiger partial charge in [-0.2, -0.15) is 0 Å². The Kier molecular flexibility index (Phi) is 10.1. The molecule has 2 unspecified atom stereocenters. The van der Waals surface area contributed by atoms with E-state index in [1.165, 1.54) is 23.5 Å². The van der Waals surface area contributed by atoms with Crippen molar-refractivity contribution in [3.8, 4) is 0 Å². The summed E-state index contributed by atoms with van der Waals surface area (Å²) >= 11 is 13.0. The molecule has 0 saturated heterocycles. The van der Waals surface area contributed by atoms with E-state index in [9.17, 15) is 20.2 Å². The molecular formula is C16H22N4O4S4. The van der Waals surface area contributed by atoms with Crippen molar-refractivity contribution in [3.05, 3.63) is 55.6 Å². The van der Waals surface area contributed by atoms with E-state index in [0.717, 1.165) is 11.1 Å². The SMILES string of the molecule is CN(C)C(=S)SC(C[N+](=O)[O-])c1ccc(C(C[N+](=O)[O-])SC(=S)N(C)C)cc1. The normalized spacial score (nSPS) is 12.7. The van der Waals surface area contributed by atoms with Crippen molar-refractivity contribution in [3.63, 3.8) is 0 Å². The Morgan fingerprint density at radius 2 is 1.14 bits per heavy atom. The Hall–Kier alpha value is -1.50. The Bertz CT molecular complexity index is 667. The lowest BCUT2D eigenvalue weighted by Crippen LogP contribution is -2.20. The highest BCUT2D eigenvalue weighted by atomic mass is 32.2. The molecule has 0 N–H and O–H groups in total. The lowest BCUT2D eigenvalue weighted by molar-refractivity contribution is -0.479. The molecule has 0 saturated carbocycles. The lowest BCUT2D eigenvalue weighted by atomic mass is 10.1. The van der Waals surface area contributed by atoms with E-state index >= 15 is 0 Å². The molecule has 1 rings (SSSR count). The predicted octanol–water partition coefficient (Wildman–Crippen LogP) is 3.48. The number of hydrogen-bond donors (Lipinski definition) is 0. The van der Waals surface area contributed by atoms with E-state index in [-0.39, 0.29) is 22.9 Å². The van der Waals surface area contributed by atoms with Crippen LogP contribution in [0.15, 0.2) is 24.3 Å². The molecule has 2 atom stereocenters. The van der Waals surface area contributed by atoms with E-state index in [2.05, 4.69) is 0 Å². The zero-order valence-electron chi connectivity index (χ0n) is 15.9. The second kappa shape index (κ2) is 11.5. The fourth-order valence-corrected chi connectivity index (χ4v) is 4.66. The van der Waals surface area contributed by atoms with Crippen LogP contribution in [0, 0.1) is 20.2 Å². The van der Waals surface area contributed by atoms with Crippen LogP contribution in [0.5, 0.6) is 0 Å². The maximum Gasteiger partial charge on any atom is 0.220 e. The number of nitro groups is 2. The summed E-state index contributed by atoms with van der Waals surface area (Å²) in [5.41, 5.74) is 1.49. The van der Waals surface area contributed by atoms with Gasteiger partial charge in [-0.25, -0.2) is 0 Å². The van der Waals surface area contributed by atoms with E-state index < -0.39 is 10.5 Å². The first kappa shape index (κ1) is 24.5. The Morgan fingerprint density at radius 3 is 1.36 bits per heavy atom. The smallest absolute Gasteiger partial charge is 0.220 e. The zero-order chi connectivity index (χ0) is 21.4. The molecule has 0 bridgehead atoms. The van der Waals surface area contributed by atoms with Crippen molar-refractivity contribution in [2.24, 2.45) is 0 Å². The molecule has 8 nitrogen and oxygen atoms in total. The van der Waals surface area contributed by atoms with E-state index in [1.807, 2.05) is 0 Å². The highest BCUT2D eigenvalue weighted by molar-refractivity contribution is 8.23. The van der Waals surface area contributed by atoms with Gasteiger partial charge in [0.05, 0.1) is 0 Å². The van der Waals surface area contributed by atoms with E-state index in [4.69, 9.17) is 24.4 Å². The van der Waals surface area contributed by atoms with Gasteiger partial charge in [0.1, 0.15) is 19.1 Å². The summed E-state index contributed by atoms with van der Waals surface area (Å²) in [6.45, 7) is -0.536. The number of thiocarbonyl (C=S) groups is 2. The molecule has 0 spiro atoms. The van der Waals surface area contributed by atoms with Crippen LogP contribution in [0.4, 0.5) is 0 Å². The van der Waals surface area contributed by atoms with Crippen LogP contribution >= 0.6 is 48.0 Å². The summed E-state index contributed by atoms with van der Waals surface area (Å²) in [6, 6.07) is 7.06. The molecule has 0 heterocycles. The second-order valence-corrected chi connectivity index (χ2v) is 9.90. The number of rotatable bonds is 8. The maximum atomic E-state index is 11.1. The van der Waals surface area contributed by atoms with Crippen LogP contribution in [-0.2, 0) is 0 Å². The standard InChI is InChI=1S/C16H22N4O4S4/c1-17(2)15(25)27-13(9-19(21)22)11-5-7-12(8-6-11)14(10-20(23)24)28-16(26)18(3)4/h5-8,13-14H,9-10H2,1-4H3. The summed E-state index contributed by atoms with van der Waals surface area (Å²) in [6.07, 6.45) is 0. The third-order valence-corrected chi connectivity index (χ3v) is 7.38. The van der Waals surface area contributed by atoms with Crippen molar-refractivity contribution in [2.45, 2.75) is 10.5 Å². The van der Waals surface area contributed by atoms with Gasteiger partial charge in [0.15, 0.2) is 0 Å². The topological polar surface area (TPSA) is 92.8 Å². The maximum absolute atomic E-state index is 11.1. The highest BCUT2D eigenvalue weighted by Crippen LogP contribution is 2.35. The number of thioether (sulfide) groups is 2. The molecule has 0 aliphatic heterocycles. The van der Waals surface area contributed by atoms with Crippen LogP contribution in [0.3, 0.4) is 0 Å². The summed E-state index contributed by atoms with van der Waals surface area (Å²) < 4.78 is 1.10. The molecule has 28 heavy (non-hydrogen) atoms. The van der Waals surface area contributed by atoms with Crippen molar-refractivity contribution < 1.29 is 9.85 Å². The van der Waals surface area contributed by atoms with Crippen LogP contribution in [0.1, 0.15) is 21.6 Å². The average Bonchev–Trinajstić information content (AvgIpc) is 2.59. The molecule has 154 valence electrons. The van der Waals surface area contributed by atoms with Gasteiger partial charge in [0.25, 0.3) is 0 Å². The van der Waals surface area contributed by atoms with E-state index in [0.29, 0.717) is 8.64 Å². The van der Waals surface area contributed by atoms with Crippen LogP contribution in [0.2, 0.25) is 0 Å². The summed E-state index contributed by atoms with van der Waals surface area (Å²) in [5.74, 6) is 0. The van der Waals surface area contributed by atoms with Gasteiger partial charge in [0, 0.05) is 38.0 Å².